The molecule has 0 radical (unpaired) electrons. The summed E-state index contributed by atoms with van der Waals surface area (Å²) in [6.07, 6.45) is 0. The van der Waals surface area contributed by atoms with Crippen molar-refractivity contribution in [1.82, 2.24) is 20.5 Å². The molecule has 0 saturated heterocycles. The summed E-state index contributed by atoms with van der Waals surface area (Å²) in [7, 11) is 4.42. The zero-order chi connectivity index (χ0) is 17.0. The van der Waals surface area contributed by atoms with Gasteiger partial charge in [-0.2, -0.15) is 5.10 Å². The Hall–Kier alpha value is -2.97. The van der Waals surface area contributed by atoms with Gasteiger partial charge in [0.2, 0.25) is 0 Å². The molecule has 2 rings (SSSR count). The molecule has 1 heterocycles. The van der Waals surface area contributed by atoms with Crippen LogP contribution in [0.4, 0.5) is 0 Å². The van der Waals surface area contributed by atoms with E-state index in [0.717, 1.165) is 0 Å². The molecule has 0 saturated carbocycles. The second kappa shape index (κ2) is 6.86. The minimum absolute atomic E-state index is 0.273. The number of nitrogens with one attached hydrogen (secondary N) is 3. The number of nitrogens with zero attached hydrogens (tertiary/aromatic N) is 1. The van der Waals surface area contributed by atoms with E-state index in [-0.39, 0.29) is 5.56 Å². The van der Waals surface area contributed by atoms with Crippen LogP contribution >= 0.6 is 0 Å². The molecule has 9 heteroatoms. The quantitative estimate of drug-likeness (QED) is 0.717. The standard InChI is InChI=1S/C14H18N4O5/c1-7(12-16-14(20)18-17-12)15-13(19)8-5-10(22-3)11(23-4)6-9(8)21-2/h5-7H,1-4H3,(H,15,19)(H2,16,17,18,20). The van der Waals surface area contributed by atoms with E-state index in [1.165, 1.54) is 27.4 Å². The maximum atomic E-state index is 12.5. The molecule has 1 amide bonds. The van der Waals surface area contributed by atoms with Crippen LogP contribution in [-0.2, 0) is 0 Å². The minimum Gasteiger partial charge on any atom is -0.496 e. The fourth-order valence-corrected chi connectivity index (χ4v) is 2.04. The number of carbonyl (C=O) groups excluding carboxylic acids is 1. The van der Waals surface area contributed by atoms with E-state index in [4.69, 9.17) is 14.2 Å². The molecule has 1 unspecified atom stereocenters. The van der Waals surface area contributed by atoms with Crippen LogP contribution in [0.15, 0.2) is 16.9 Å². The molecule has 0 spiro atoms. The predicted molar refractivity (Wildman–Crippen MR) is 81.2 cm³/mol. The SMILES string of the molecule is COc1cc(OC)c(C(=O)NC(C)c2n[nH]c(=O)[nH]2)cc1OC. The number of ether oxygens (including phenoxy) is 3. The fourth-order valence-electron chi connectivity index (χ4n) is 2.04. The second-order valence-electron chi connectivity index (χ2n) is 4.67. The Labute approximate surface area is 132 Å². The molecule has 2 aromatic rings. The highest BCUT2D eigenvalue weighted by Crippen LogP contribution is 2.34. The van der Waals surface area contributed by atoms with Crippen LogP contribution in [0.25, 0.3) is 0 Å². The van der Waals surface area contributed by atoms with E-state index in [1.807, 2.05) is 0 Å². The third kappa shape index (κ3) is 3.44. The minimum atomic E-state index is -0.501. The van der Waals surface area contributed by atoms with Crippen LogP contribution in [0.2, 0.25) is 0 Å². The van der Waals surface area contributed by atoms with Gasteiger partial charge in [0.15, 0.2) is 17.3 Å². The van der Waals surface area contributed by atoms with Crippen molar-refractivity contribution >= 4 is 5.91 Å². The fraction of sp³-hybridized carbons (Fsp3) is 0.357. The van der Waals surface area contributed by atoms with Crippen molar-refractivity contribution in [3.05, 3.63) is 34.0 Å². The van der Waals surface area contributed by atoms with E-state index >= 15 is 0 Å². The predicted octanol–water partition coefficient (Wildman–Crippen LogP) is 0.615. The van der Waals surface area contributed by atoms with Crippen molar-refractivity contribution in [3.63, 3.8) is 0 Å². The molecular weight excluding hydrogens is 304 g/mol. The Morgan fingerprint density at radius 2 is 1.74 bits per heavy atom. The topological polar surface area (TPSA) is 118 Å². The molecular formula is C14H18N4O5. The lowest BCUT2D eigenvalue weighted by Gasteiger charge is -2.16. The lowest BCUT2D eigenvalue weighted by Crippen LogP contribution is -2.28. The zero-order valence-electron chi connectivity index (χ0n) is 13.2. The Morgan fingerprint density at radius 1 is 1.13 bits per heavy atom. The molecule has 0 bridgehead atoms. The van der Waals surface area contributed by atoms with Crippen LogP contribution in [0.1, 0.15) is 29.1 Å². The number of benzene rings is 1. The summed E-state index contributed by atoms with van der Waals surface area (Å²) in [5, 5.41) is 8.75. The molecule has 1 atom stereocenters. The third-order valence-electron chi connectivity index (χ3n) is 3.23. The Morgan fingerprint density at radius 3 is 2.26 bits per heavy atom. The molecule has 0 aliphatic heterocycles. The largest absolute Gasteiger partial charge is 0.496 e. The molecule has 0 aliphatic carbocycles. The van der Waals surface area contributed by atoms with E-state index in [9.17, 15) is 9.59 Å². The highest BCUT2D eigenvalue weighted by molar-refractivity contribution is 5.98. The summed E-state index contributed by atoms with van der Waals surface area (Å²) < 4.78 is 15.6. The number of hydrogen-bond acceptors (Lipinski definition) is 6. The van der Waals surface area contributed by atoms with Gasteiger partial charge in [0.25, 0.3) is 5.91 Å². The highest BCUT2D eigenvalue weighted by atomic mass is 16.5. The number of carbonyl (C=O) groups is 1. The number of H-pyrrole nitrogens is 2. The Kier molecular flexibility index (Phi) is 4.89. The average molecular weight is 322 g/mol. The number of methoxy groups -OCH3 is 3. The third-order valence-corrected chi connectivity index (χ3v) is 3.23. The zero-order valence-corrected chi connectivity index (χ0v) is 13.2. The summed E-state index contributed by atoms with van der Waals surface area (Å²) >= 11 is 0. The van der Waals surface area contributed by atoms with Crippen LogP contribution in [0.3, 0.4) is 0 Å². The number of hydrogen-bond donors (Lipinski definition) is 3. The average Bonchev–Trinajstić information content (AvgIpc) is 2.99. The molecule has 9 nitrogen and oxygen atoms in total. The monoisotopic (exact) mass is 322 g/mol. The van der Waals surface area contributed by atoms with Crippen molar-refractivity contribution in [3.8, 4) is 17.2 Å². The van der Waals surface area contributed by atoms with E-state index in [0.29, 0.717) is 23.1 Å². The van der Waals surface area contributed by atoms with Crippen LogP contribution in [0, 0.1) is 0 Å². The Balaban J connectivity index is 2.29. The number of aromatic amines is 2. The van der Waals surface area contributed by atoms with Gasteiger partial charge in [-0.15, -0.1) is 0 Å². The molecule has 124 valence electrons. The van der Waals surface area contributed by atoms with Gasteiger partial charge < -0.3 is 19.5 Å². The van der Waals surface area contributed by atoms with Crippen molar-refractivity contribution in [2.45, 2.75) is 13.0 Å². The Bertz CT molecular complexity index is 752. The molecule has 1 aromatic heterocycles. The number of amides is 1. The molecule has 1 aromatic carbocycles. The van der Waals surface area contributed by atoms with Gasteiger partial charge in [-0.3, -0.25) is 9.78 Å². The highest BCUT2D eigenvalue weighted by Gasteiger charge is 2.20. The van der Waals surface area contributed by atoms with E-state index in [2.05, 4.69) is 20.5 Å². The molecule has 0 fully saturated rings. The van der Waals surface area contributed by atoms with Crippen molar-refractivity contribution in [1.29, 1.82) is 0 Å². The van der Waals surface area contributed by atoms with Crippen molar-refractivity contribution < 1.29 is 19.0 Å². The van der Waals surface area contributed by atoms with Crippen LogP contribution in [-0.4, -0.2) is 42.4 Å². The van der Waals surface area contributed by atoms with Gasteiger partial charge in [0, 0.05) is 12.1 Å². The first-order chi connectivity index (χ1) is 11.0. The summed E-state index contributed by atoms with van der Waals surface area (Å²) in [6, 6.07) is 2.58. The molecule has 23 heavy (non-hydrogen) atoms. The lowest BCUT2D eigenvalue weighted by atomic mass is 10.1. The van der Waals surface area contributed by atoms with Gasteiger partial charge in [-0.25, -0.2) is 9.89 Å². The summed E-state index contributed by atoms with van der Waals surface area (Å²) in [6.45, 7) is 1.69. The van der Waals surface area contributed by atoms with Gasteiger partial charge in [0.1, 0.15) is 5.75 Å². The lowest BCUT2D eigenvalue weighted by molar-refractivity contribution is 0.0935. The normalized spacial score (nSPS) is 11.7. The smallest absolute Gasteiger partial charge is 0.340 e. The summed E-state index contributed by atoms with van der Waals surface area (Å²) in [5.74, 6) is 1.11. The van der Waals surface area contributed by atoms with Crippen molar-refractivity contribution in [2.24, 2.45) is 0 Å². The first kappa shape index (κ1) is 16.4. The first-order valence-corrected chi connectivity index (χ1v) is 6.75. The maximum Gasteiger partial charge on any atom is 0.340 e. The van der Waals surface area contributed by atoms with Crippen molar-refractivity contribution in [2.75, 3.05) is 21.3 Å². The number of aromatic nitrogens is 3. The molecule has 3 N–H and O–H groups in total. The van der Waals surface area contributed by atoms with E-state index < -0.39 is 17.6 Å². The molecule has 0 aliphatic rings. The van der Waals surface area contributed by atoms with Crippen LogP contribution < -0.4 is 25.2 Å². The van der Waals surface area contributed by atoms with Crippen LogP contribution in [0.5, 0.6) is 17.2 Å². The van der Waals surface area contributed by atoms with Gasteiger partial charge >= 0.3 is 5.69 Å². The summed E-state index contributed by atoms with van der Waals surface area (Å²) in [4.78, 5) is 26.0. The number of rotatable bonds is 6. The van der Waals surface area contributed by atoms with Gasteiger partial charge in [-0.1, -0.05) is 0 Å². The maximum absolute atomic E-state index is 12.5. The second-order valence-corrected chi connectivity index (χ2v) is 4.67. The summed E-state index contributed by atoms with van der Waals surface area (Å²) in [5.41, 5.74) is -0.167. The van der Waals surface area contributed by atoms with Gasteiger partial charge in [-0.05, 0) is 6.92 Å². The first-order valence-electron chi connectivity index (χ1n) is 6.75. The van der Waals surface area contributed by atoms with Gasteiger partial charge in [0.05, 0.1) is 32.9 Å². The van der Waals surface area contributed by atoms with E-state index in [1.54, 1.807) is 13.0 Å².